The third kappa shape index (κ3) is 6.46. The van der Waals surface area contributed by atoms with Crippen molar-refractivity contribution in [2.24, 2.45) is 0 Å². The van der Waals surface area contributed by atoms with Crippen molar-refractivity contribution in [1.29, 1.82) is 0 Å². The standard InChI is InChI=1S/C55H35N3S/c1-5-17-37(18-6-1)48-35-49(58-55(57-48)40-23-11-4-12-24-40)44-27-15-26-42(32-44)43-30-31-47-46(34-43)54-51(52(56-47)45-29-28-36-16-13-14-25-41(36)33-45)50(38-19-7-2-8-20-38)53(59-54)39-21-9-3-10-22-39/h1-35H. The number of hydrogen-bond acceptors (Lipinski definition) is 4. The van der Waals surface area contributed by atoms with E-state index in [0.717, 1.165) is 61.4 Å². The molecule has 59 heavy (non-hydrogen) atoms. The molecule has 276 valence electrons. The highest BCUT2D eigenvalue weighted by Gasteiger charge is 2.23. The van der Waals surface area contributed by atoms with Gasteiger partial charge < -0.3 is 0 Å². The van der Waals surface area contributed by atoms with Crippen molar-refractivity contribution >= 4 is 43.1 Å². The summed E-state index contributed by atoms with van der Waals surface area (Å²) in [6, 6.07) is 75.0. The lowest BCUT2D eigenvalue weighted by Crippen LogP contribution is -1.96. The number of nitrogens with zero attached hydrogens (tertiary/aromatic N) is 3. The molecule has 4 heteroatoms. The lowest BCUT2D eigenvalue weighted by molar-refractivity contribution is 1.18. The Morgan fingerprint density at radius 1 is 0.339 bits per heavy atom. The second kappa shape index (κ2) is 14.8. The van der Waals surface area contributed by atoms with Crippen LogP contribution in [0.3, 0.4) is 0 Å². The van der Waals surface area contributed by atoms with Gasteiger partial charge in [-0.2, -0.15) is 0 Å². The summed E-state index contributed by atoms with van der Waals surface area (Å²) < 4.78 is 1.23. The van der Waals surface area contributed by atoms with E-state index in [1.165, 1.54) is 42.4 Å². The van der Waals surface area contributed by atoms with Crippen molar-refractivity contribution in [1.82, 2.24) is 15.0 Å². The second-order valence-electron chi connectivity index (χ2n) is 14.8. The Kier molecular flexibility index (Phi) is 8.68. The van der Waals surface area contributed by atoms with Crippen LogP contribution in [0.4, 0.5) is 0 Å². The molecule has 0 saturated carbocycles. The molecule has 0 atom stereocenters. The molecule has 0 unspecified atom stereocenters. The number of hydrogen-bond donors (Lipinski definition) is 0. The van der Waals surface area contributed by atoms with Crippen LogP contribution in [0, 0.1) is 0 Å². The minimum atomic E-state index is 0.704. The van der Waals surface area contributed by atoms with Gasteiger partial charge >= 0.3 is 0 Å². The average molecular weight is 770 g/mol. The largest absolute Gasteiger partial charge is 0.247 e. The van der Waals surface area contributed by atoms with Crippen molar-refractivity contribution in [2.75, 3.05) is 0 Å². The maximum absolute atomic E-state index is 5.54. The van der Waals surface area contributed by atoms with Crippen molar-refractivity contribution in [3.8, 4) is 77.9 Å². The van der Waals surface area contributed by atoms with Crippen LogP contribution < -0.4 is 0 Å². The number of pyridine rings is 1. The van der Waals surface area contributed by atoms with Gasteiger partial charge in [0.1, 0.15) is 0 Å². The van der Waals surface area contributed by atoms with Gasteiger partial charge in [-0.05, 0) is 63.4 Å². The molecule has 0 fully saturated rings. The fourth-order valence-electron chi connectivity index (χ4n) is 8.16. The van der Waals surface area contributed by atoms with E-state index in [9.17, 15) is 0 Å². The maximum atomic E-state index is 5.54. The number of rotatable bonds is 7. The fourth-order valence-corrected chi connectivity index (χ4v) is 9.52. The molecule has 3 heterocycles. The average Bonchev–Trinajstić information content (AvgIpc) is 3.73. The molecule has 11 rings (SSSR count). The van der Waals surface area contributed by atoms with Gasteiger partial charge in [0, 0.05) is 48.2 Å². The topological polar surface area (TPSA) is 38.7 Å². The molecule has 0 aliphatic carbocycles. The summed E-state index contributed by atoms with van der Waals surface area (Å²) in [6.45, 7) is 0. The lowest BCUT2D eigenvalue weighted by Gasteiger charge is -2.13. The number of aromatic nitrogens is 3. The van der Waals surface area contributed by atoms with E-state index in [0.29, 0.717) is 5.82 Å². The highest BCUT2D eigenvalue weighted by Crippen LogP contribution is 2.50. The highest BCUT2D eigenvalue weighted by molar-refractivity contribution is 7.24. The SMILES string of the molecule is c1ccc(-c2cc(-c3cccc(-c4ccc5nc(-c6ccc7ccccc7c6)c6c(-c7ccccc7)c(-c7ccccc7)sc6c5c4)c3)nc(-c3ccccc3)n2)cc1. The molecule has 8 aromatic carbocycles. The highest BCUT2D eigenvalue weighted by atomic mass is 32.1. The Morgan fingerprint density at radius 3 is 1.63 bits per heavy atom. The Morgan fingerprint density at radius 2 is 0.898 bits per heavy atom. The summed E-state index contributed by atoms with van der Waals surface area (Å²) in [4.78, 5) is 16.9. The van der Waals surface area contributed by atoms with Gasteiger partial charge in [-0.25, -0.2) is 15.0 Å². The minimum Gasteiger partial charge on any atom is -0.247 e. The molecule has 0 aliphatic rings. The summed E-state index contributed by atoms with van der Waals surface area (Å²) in [6.07, 6.45) is 0. The lowest BCUT2D eigenvalue weighted by atomic mass is 9.93. The van der Waals surface area contributed by atoms with E-state index in [1.54, 1.807) is 0 Å². The van der Waals surface area contributed by atoms with Crippen LogP contribution in [0.15, 0.2) is 212 Å². The van der Waals surface area contributed by atoms with Crippen molar-refractivity contribution in [3.05, 3.63) is 212 Å². The van der Waals surface area contributed by atoms with Gasteiger partial charge in [-0.3, -0.25) is 0 Å². The summed E-state index contributed by atoms with van der Waals surface area (Å²) in [5.41, 5.74) is 13.7. The first kappa shape index (κ1) is 34.7. The molecule has 0 spiro atoms. The normalized spacial score (nSPS) is 11.4. The predicted octanol–water partition coefficient (Wildman–Crippen LogP) is 15.1. The van der Waals surface area contributed by atoms with Gasteiger partial charge in [0.05, 0.1) is 22.6 Å². The van der Waals surface area contributed by atoms with Crippen LogP contribution in [0.1, 0.15) is 0 Å². The third-order valence-electron chi connectivity index (χ3n) is 11.1. The summed E-state index contributed by atoms with van der Waals surface area (Å²) in [5, 5.41) is 4.73. The van der Waals surface area contributed by atoms with Crippen molar-refractivity contribution < 1.29 is 0 Å². The van der Waals surface area contributed by atoms with Crippen molar-refractivity contribution in [2.45, 2.75) is 0 Å². The van der Waals surface area contributed by atoms with E-state index in [-0.39, 0.29) is 0 Å². The first-order valence-electron chi connectivity index (χ1n) is 19.8. The summed E-state index contributed by atoms with van der Waals surface area (Å²) in [5.74, 6) is 0.704. The molecule has 0 amide bonds. The molecule has 0 N–H and O–H groups in total. The van der Waals surface area contributed by atoms with Gasteiger partial charge in [-0.15, -0.1) is 11.3 Å². The molecule has 0 aliphatic heterocycles. The second-order valence-corrected chi connectivity index (χ2v) is 15.8. The van der Waals surface area contributed by atoms with Crippen LogP contribution in [-0.4, -0.2) is 15.0 Å². The van der Waals surface area contributed by atoms with Crippen LogP contribution in [-0.2, 0) is 0 Å². The van der Waals surface area contributed by atoms with E-state index in [1.807, 2.05) is 35.6 Å². The Hall–Kier alpha value is -7.53. The number of benzene rings is 8. The zero-order valence-electron chi connectivity index (χ0n) is 32.0. The minimum absolute atomic E-state index is 0.704. The predicted molar refractivity (Wildman–Crippen MR) is 248 cm³/mol. The third-order valence-corrected chi connectivity index (χ3v) is 12.3. The molecule has 3 nitrogen and oxygen atoms in total. The molecule has 3 aromatic heterocycles. The van der Waals surface area contributed by atoms with Gasteiger partial charge in [0.15, 0.2) is 5.82 Å². The molecular formula is C55H35N3S. The zero-order chi connectivity index (χ0) is 39.1. The Balaban J connectivity index is 1.12. The number of fused-ring (bicyclic) bond motifs is 4. The zero-order valence-corrected chi connectivity index (χ0v) is 32.8. The number of thiophene rings is 1. The quantitative estimate of drug-likeness (QED) is 0.162. The monoisotopic (exact) mass is 769 g/mol. The van der Waals surface area contributed by atoms with E-state index >= 15 is 0 Å². The fraction of sp³-hybridized carbons (Fsp3) is 0. The molecule has 0 bridgehead atoms. The van der Waals surface area contributed by atoms with Gasteiger partial charge in [0.2, 0.25) is 0 Å². The van der Waals surface area contributed by atoms with Crippen LogP contribution in [0.5, 0.6) is 0 Å². The van der Waals surface area contributed by atoms with E-state index < -0.39 is 0 Å². The maximum Gasteiger partial charge on any atom is 0.160 e. The molecular weight excluding hydrogens is 735 g/mol. The Labute approximate surface area is 346 Å². The van der Waals surface area contributed by atoms with Crippen LogP contribution >= 0.6 is 11.3 Å². The first-order valence-corrected chi connectivity index (χ1v) is 20.7. The Bertz CT molecular complexity index is 3250. The first-order chi connectivity index (χ1) is 29.2. The van der Waals surface area contributed by atoms with Gasteiger partial charge in [0.25, 0.3) is 0 Å². The van der Waals surface area contributed by atoms with Crippen LogP contribution in [0.2, 0.25) is 0 Å². The molecule has 11 aromatic rings. The van der Waals surface area contributed by atoms with Crippen molar-refractivity contribution in [3.63, 3.8) is 0 Å². The molecule has 0 radical (unpaired) electrons. The van der Waals surface area contributed by atoms with Gasteiger partial charge in [-0.1, -0.05) is 182 Å². The molecule has 0 saturated heterocycles. The van der Waals surface area contributed by atoms with E-state index in [4.69, 9.17) is 15.0 Å². The summed E-state index contributed by atoms with van der Waals surface area (Å²) >= 11 is 1.86. The van der Waals surface area contributed by atoms with E-state index in [2.05, 4.69) is 188 Å². The van der Waals surface area contributed by atoms with Crippen LogP contribution in [0.25, 0.3) is 110 Å². The smallest absolute Gasteiger partial charge is 0.160 e. The summed E-state index contributed by atoms with van der Waals surface area (Å²) in [7, 11) is 0.